The fraction of sp³-hybridized carbons (Fsp3) is 0.0952. The summed E-state index contributed by atoms with van der Waals surface area (Å²) in [6.07, 6.45) is 1.53. The number of hydrogen-bond acceptors (Lipinski definition) is 5. The van der Waals surface area contributed by atoms with Crippen LogP contribution < -0.4 is 21.1 Å². The number of furan rings is 1. The van der Waals surface area contributed by atoms with Gasteiger partial charge in [-0.25, -0.2) is 9.59 Å². The van der Waals surface area contributed by atoms with Gasteiger partial charge in [-0.1, -0.05) is 18.2 Å². The molecule has 0 radical (unpaired) electrons. The van der Waals surface area contributed by atoms with Crippen molar-refractivity contribution < 1.29 is 13.9 Å². The molecule has 0 aliphatic heterocycles. The van der Waals surface area contributed by atoms with E-state index in [0.29, 0.717) is 33.9 Å². The number of fused-ring (bicyclic) bond motifs is 1. The van der Waals surface area contributed by atoms with Crippen LogP contribution in [0.5, 0.6) is 5.75 Å². The Hall–Kier alpha value is -4.07. The first-order valence-electron chi connectivity index (χ1n) is 8.88. The zero-order valence-electron chi connectivity index (χ0n) is 15.6. The molecule has 2 heterocycles. The molecule has 4 rings (SSSR count). The third-order valence-corrected chi connectivity index (χ3v) is 4.33. The minimum absolute atomic E-state index is 0.137. The van der Waals surface area contributed by atoms with Gasteiger partial charge in [0.15, 0.2) is 0 Å². The number of nitrogens with one attached hydrogen (secondary N) is 2. The van der Waals surface area contributed by atoms with Crippen LogP contribution in [-0.4, -0.2) is 22.7 Å². The van der Waals surface area contributed by atoms with Gasteiger partial charge in [-0.15, -0.1) is 0 Å². The van der Waals surface area contributed by atoms with Gasteiger partial charge in [-0.3, -0.25) is 9.88 Å². The monoisotopic (exact) mass is 390 g/mol. The van der Waals surface area contributed by atoms with Crippen molar-refractivity contribution in [3.05, 3.63) is 83.2 Å². The molecule has 0 saturated heterocycles. The Labute approximate surface area is 165 Å². The fourth-order valence-corrected chi connectivity index (χ4v) is 2.99. The molecule has 0 saturated carbocycles. The Morgan fingerprint density at radius 3 is 2.76 bits per heavy atom. The first-order valence-corrected chi connectivity index (χ1v) is 8.88. The maximum atomic E-state index is 12.7. The first kappa shape index (κ1) is 18.3. The van der Waals surface area contributed by atoms with Crippen LogP contribution in [0.4, 0.5) is 16.3 Å². The molecule has 4 aromatic rings. The Morgan fingerprint density at radius 2 is 1.97 bits per heavy atom. The Balaban J connectivity index is 1.70. The number of rotatable bonds is 5. The number of methoxy groups -OCH3 is 1. The average Bonchev–Trinajstić information content (AvgIpc) is 3.24. The van der Waals surface area contributed by atoms with E-state index >= 15 is 0 Å². The van der Waals surface area contributed by atoms with Crippen LogP contribution >= 0.6 is 0 Å². The maximum absolute atomic E-state index is 12.7. The molecule has 0 aliphatic rings. The summed E-state index contributed by atoms with van der Waals surface area (Å²) >= 11 is 0. The third kappa shape index (κ3) is 3.96. The Bertz CT molecular complexity index is 1220. The van der Waals surface area contributed by atoms with Gasteiger partial charge >= 0.3 is 11.7 Å². The van der Waals surface area contributed by atoms with Crippen molar-refractivity contribution in [2.45, 2.75) is 6.54 Å². The zero-order valence-corrected chi connectivity index (χ0v) is 15.6. The summed E-state index contributed by atoms with van der Waals surface area (Å²) in [6, 6.07) is 17.1. The topological polar surface area (TPSA) is 98.4 Å². The summed E-state index contributed by atoms with van der Waals surface area (Å²) in [6.45, 7) is 0.137. The van der Waals surface area contributed by atoms with Crippen molar-refractivity contribution in [1.82, 2.24) is 9.55 Å². The highest BCUT2D eigenvalue weighted by Gasteiger charge is 2.15. The molecule has 2 aromatic heterocycles. The van der Waals surface area contributed by atoms with E-state index in [0.717, 1.165) is 0 Å². The lowest BCUT2D eigenvalue weighted by atomic mass is 10.2. The summed E-state index contributed by atoms with van der Waals surface area (Å²) in [5.74, 6) is 1.52. The Kier molecular flexibility index (Phi) is 4.98. The molecule has 0 fully saturated rings. The molecule has 0 aliphatic carbocycles. The van der Waals surface area contributed by atoms with E-state index in [2.05, 4.69) is 15.6 Å². The molecule has 0 spiro atoms. The van der Waals surface area contributed by atoms with Crippen LogP contribution in [0.15, 0.2) is 76.1 Å². The number of carbonyl (C=O) groups excluding carboxylic acids is 1. The fourth-order valence-electron chi connectivity index (χ4n) is 2.99. The second kappa shape index (κ2) is 7.89. The van der Waals surface area contributed by atoms with E-state index in [4.69, 9.17) is 9.15 Å². The lowest BCUT2D eigenvalue weighted by Gasteiger charge is -2.15. The second-order valence-corrected chi connectivity index (χ2v) is 6.24. The van der Waals surface area contributed by atoms with Gasteiger partial charge in [0.05, 0.1) is 25.4 Å². The van der Waals surface area contributed by atoms with Crippen LogP contribution in [0.2, 0.25) is 0 Å². The number of nitrogens with zero attached hydrogens (tertiary/aromatic N) is 2. The first-order chi connectivity index (χ1) is 14.1. The molecule has 29 heavy (non-hydrogen) atoms. The van der Waals surface area contributed by atoms with Crippen molar-refractivity contribution in [2.75, 3.05) is 17.7 Å². The summed E-state index contributed by atoms with van der Waals surface area (Å²) in [7, 11) is 1.55. The lowest BCUT2D eigenvalue weighted by Crippen LogP contribution is -2.30. The van der Waals surface area contributed by atoms with Crippen LogP contribution in [0.25, 0.3) is 10.9 Å². The van der Waals surface area contributed by atoms with Crippen molar-refractivity contribution in [2.24, 2.45) is 0 Å². The van der Waals surface area contributed by atoms with Gasteiger partial charge in [-0.05, 0) is 36.4 Å². The number of urea groups is 1. The normalized spacial score (nSPS) is 10.7. The largest absolute Gasteiger partial charge is 0.497 e. The van der Waals surface area contributed by atoms with Crippen LogP contribution in [0.3, 0.4) is 0 Å². The Morgan fingerprint density at radius 1 is 1.10 bits per heavy atom. The summed E-state index contributed by atoms with van der Waals surface area (Å²) in [5.41, 5.74) is 0.557. The summed E-state index contributed by atoms with van der Waals surface area (Å²) in [4.78, 5) is 29.4. The van der Waals surface area contributed by atoms with Crippen molar-refractivity contribution in [3.8, 4) is 5.75 Å². The summed E-state index contributed by atoms with van der Waals surface area (Å²) < 4.78 is 11.9. The molecule has 2 N–H and O–H groups in total. The third-order valence-electron chi connectivity index (χ3n) is 4.33. The molecule has 0 unspecified atom stereocenters. The van der Waals surface area contributed by atoms with Gasteiger partial charge in [0, 0.05) is 17.1 Å². The van der Waals surface area contributed by atoms with Gasteiger partial charge in [0.25, 0.3) is 0 Å². The number of carbonyl (C=O) groups is 1. The van der Waals surface area contributed by atoms with Gasteiger partial charge in [0.1, 0.15) is 17.3 Å². The molecular formula is C21H18N4O4. The number of aromatic nitrogens is 2. The SMILES string of the molecule is COc1cccc(NC(=O)Nc2c3ccccc3nc(=O)n2Cc2ccco2)c1. The highest BCUT2D eigenvalue weighted by Crippen LogP contribution is 2.22. The van der Waals surface area contributed by atoms with Crippen LogP contribution in [-0.2, 0) is 6.54 Å². The smallest absolute Gasteiger partial charge is 0.350 e. The van der Waals surface area contributed by atoms with Crippen molar-refractivity contribution in [3.63, 3.8) is 0 Å². The number of anilines is 2. The van der Waals surface area contributed by atoms with E-state index in [1.54, 1.807) is 61.7 Å². The lowest BCUT2D eigenvalue weighted by molar-refractivity contribution is 0.262. The number of hydrogen-bond donors (Lipinski definition) is 2. The second-order valence-electron chi connectivity index (χ2n) is 6.24. The summed E-state index contributed by atoms with van der Waals surface area (Å²) in [5, 5.41) is 6.17. The molecule has 0 atom stereocenters. The van der Waals surface area contributed by atoms with E-state index in [1.807, 2.05) is 6.07 Å². The predicted molar refractivity (Wildman–Crippen MR) is 109 cm³/mol. The highest BCUT2D eigenvalue weighted by atomic mass is 16.5. The molecule has 2 aromatic carbocycles. The van der Waals surface area contributed by atoms with Crippen molar-refractivity contribution >= 4 is 28.4 Å². The molecular weight excluding hydrogens is 372 g/mol. The number of benzene rings is 2. The van der Waals surface area contributed by atoms with Crippen LogP contribution in [0, 0.1) is 0 Å². The minimum atomic E-state index is -0.498. The molecule has 2 amide bonds. The van der Waals surface area contributed by atoms with Crippen molar-refractivity contribution in [1.29, 1.82) is 0 Å². The molecule has 146 valence electrons. The van der Waals surface area contributed by atoms with Gasteiger partial charge in [-0.2, -0.15) is 4.98 Å². The molecule has 0 bridgehead atoms. The number of ether oxygens (including phenoxy) is 1. The quantitative estimate of drug-likeness (QED) is 0.542. The molecule has 8 heteroatoms. The van der Waals surface area contributed by atoms with Gasteiger partial charge < -0.3 is 14.5 Å². The minimum Gasteiger partial charge on any atom is -0.497 e. The van der Waals surface area contributed by atoms with Crippen LogP contribution in [0.1, 0.15) is 5.76 Å². The number of amides is 2. The standard InChI is InChI=1S/C21H18N4O4/c1-28-15-7-4-6-14(12-15)22-20(26)24-19-17-9-2-3-10-18(17)23-21(27)25(19)13-16-8-5-11-29-16/h2-12H,13H2,1H3,(H2,22,24,26). The predicted octanol–water partition coefficient (Wildman–Crippen LogP) is 3.69. The maximum Gasteiger partial charge on any atom is 0.350 e. The number of para-hydroxylation sites is 1. The zero-order chi connectivity index (χ0) is 20.2. The molecule has 8 nitrogen and oxygen atoms in total. The van der Waals surface area contributed by atoms with Gasteiger partial charge in [0.2, 0.25) is 0 Å². The van der Waals surface area contributed by atoms with E-state index in [1.165, 1.54) is 10.8 Å². The highest BCUT2D eigenvalue weighted by molar-refractivity contribution is 6.04. The average molecular weight is 390 g/mol. The van der Waals surface area contributed by atoms with E-state index in [-0.39, 0.29) is 6.54 Å². The van der Waals surface area contributed by atoms with E-state index in [9.17, 15) is 9.59 Å². The van der Waals surface area contributed by atoms with E-state index < -0.39 is 11.7 Å².